The van der Waals surface area contributed by atoms with Crippen LogP contribution in [0.4, 0.5) is 18.9 Å². The molecule has 0 aliphatic heterocycles. The zero-order valence-electron chi connectivity index (χ0n) is 15.5. The van der Waals surface area contributed by atoms with Crippen molar-refractivity contribution in [3.8, 4) is 17.4 Å². The summed E-state index contributed by atoms with van der Waals surface area (Å²) < 4.78 is 44.2. The minimum Gasteiger partial charge on any atom is -0.457 e. The van der Waals surface area contributed by atoms with Crippen LogP contribution < -0.4 is 5.32 Å². The quantitative estimate of drug-likeness (QED) is 0.381. The molecule has 1 amide bonds. The number of hydrogen-bond donors (Lipinski definition) is 1. The van der Waals surface area contributed by atoms with Gasteiger partial charge in [0.25, 0.3) is 5.91 Å². The molecule has 0 spiro atoms. The highest BCUT2D eigenvalue weighted by atomic mass is 35.5. The van der Waals surface area contributed by atoms with Crippen LogP contribution in [0.5, 0.6) is 0 Å². The molecule has 30 heavy (non-hydrogen) atoms. The highest BCUT2D eigenvalue weighted by Crippen LogP contribution is 2.33. The number of anilines is 1. The Kier molecular flexibility index (Phi) is 5.99. The maximum absolute atomic E-state index is 12.9. The van der Waals surface area contributed by atoms with E-state index in [-0.39, 0.29) is 22.7 Å². The molecule has 1 heterocycles. The third-order valence-electron chi connectivity index (χ3n) is 4.18. The van der Waals surface area contributed by atoms with E-state index >= 15 is 0 Å². The Morgan fingerprint density at radius 1 is 1.17 bits per heavy atom. The number of nitrogens with zero attached hydrogens (tertiary/aromatic N) is 1. The molecule has 3 aromatic rings. The molecule has 2 aromatic carbocycles. The first-order valence-electron chi connectivity index (χ1n) is 8.64. The van der Waals surface area contributed by atoms with Crippen molar-refractivity contribution >= 4 is 29.3 Å². The Hall–Kier alpha value is -3.50. The molecule has 0 atom stereocenters. The van der Waals surface area contributed by atoms with Crippen LogP contribution in [0.25, 0.3) is 17.4 Å². The lowest BCUT2D eigenvalue weighted by Crippen LogP contribution is -2.13. The van der Waals surface area contributed by atoms with Gasteiger partial charge in [-0.15, -0.1) is 0 Å². The zero-order valence-corrected chi connectivity index (χ0v) is 16.3. The van der Waals surface area contributed by atoms with Gasteiger partial charge in [-0.1, -0.05) is 29.8 Å². The minimum absolute atomic E-state index is 0.149. The number of benzene rings is 2. The average molecular weight is 431 g/mol. The van der Waals surface area contributed by atoms with Crippen molar-refractivity contribution in [2.24, 2.45) is 0 Å². The zero-order chi connectivity index (χ0) is 21.9. The fourth-order valence-electron chi connectivity index (χ4n) is 2.59. The number of halogens is 4. The second-order valence-corrected chi connectivity index (χ2v) is 6.78. The summed E-state index contributed by atoms with van der Waals surface area (Å²) in [4.78, 5) is 12.4. The topological polar surface area (TPSA) is 66.0 Å². The SMILES string of the molecule is Cc1ccc(NC(=O)/C(C#N)=C/c2ccc(-c3cccc(C(F)(F)F)c3)o2)cc1Cl. The van der Waals surface area contributed by atoms with Gasteiger partial charge < -0.3 is 9.73 Å². The van der Waals surface area contributed by atoms with E-state index in [1.54, 1.807) is 24.3 Å². The van der Waals surface area contributed by atoms with E-state index in [4.69, 9.17) is 16.0 Å². The van der Waals surface area contributed by atoms with Gasteiger partial charge in [0.2, 0.25) is 0 Å². The van der Waals surface area contributed by atoms with Gasteiger partial charge in [-0.25, -0.2) is 0 Å². The van der Waals surface area contributed by atoms with E-state index in [1.807, 2.05) is 6.92 Å². The van der Waals surface area contributed by atoms with Crippen LogP contribution in [0.1, 0.15) is 16.9 Å². The van der Waals surface area contributed by atoms with E-state index in [2.05, 4.69) is 5.32 Å². The van der Waals surface area contributed by atoms with Crippen molar-refractivity contribution in [2.75, 3.05) is 5.32 Å². The van der Waals surface area contributed by atoms with E-state index in [0.29, 0.717) is 10.7 Å². The molecule has 1 N–H and O–H groups in total. The Labute approximate surface area is 175 Å². The van der Waals surface area contributed by atoms with Gasteiger partial charge in [-0.2, -0.15) is 18.4 Å². The predicted octanol–water partition coefficient (Wildman–Crippen LogP) is 6.47. The largest absolute Gasteiger partial charge is 0.457 e. The number of aryl methyl sites for hydroxylation is 1. The molecule has 0 fully saturated rings. The van der Waals surface area contributed by atoms with Crippen LogP contribution in [0.15, 0.2) is 64.6 Å². The number of carbonyl (C=O) groups is 1. The number of nitriles is 1. The molecule has 1 aromatic heterocycles. The Bertz CT molecular complexity index is 1170. The van der Waals surface area contributed by atoms with Crippen molar-refractivity contribution in [3.05, 3.63) is 82.1 Å². The molecular formula is C22H14ClF3N2O2. The van der Waals surface area contributed by atoms with Crippen LogP contribution in [0, 0.1) is 18.3 Å². The number of amides is 1. The number of furan rings is 1. The third-order valence-corrected chi connectivity index (χ3v) is 4.59. The van der Waals surface area contributed by atoms with Gasteiger partial charge in [0.05, 0.1) is 5.56 Å². The monoisotopic (exact) mass is 430 g/mol. The highest BCUT2D eigenvalue weighted by Gasteiger charge is 2.30. The van der Waals surface area contributed by atoms with Crippen LogP contribution in [0.3, 0.4) is 0 Å². The lowest BCUT2D eigenvalue weighted by atomic mass is 10.1. The first-order chi connectivity index (χ1) is 14.2. The number of carbonyl (C=O) groups excluding carboxylic acids is 1. The first-order valence-corrected chi connectivity index (χ1v) is 9.02. The van der Waals surface area contributed by atoms with Crippen molar-refractivity contribution in [3.63, 3.8) is 0 Å². The Morgan fingerprint density at radius 3 is 2.60 bits per heavy atom. The lowest BCUT2D eigenvalue weighted by Gasteiger charge is -2.07. The second-order valence-electron chi connectivity index (χ2n) is 6.37. The summed E-state index contributed by atoms with van der Waals surface area (Å²) in [6.07, 6.45) is -3.27. The molecule has 0 bridgehead atoms. The molecule has 3 rings (SSSR count). The number of rotatable bonds is 4. The molecule has 0 radical (unpaired) electrons. The van der Waals surface area contributed by atoms with E-state index in [0.717, 1.165) is 17.7 Å². The number of hydrogen-bond acceptors (Lipinski definition) is 3. The molecule has 0 unspecified atom stereocenters. The summed E-state index contributed by atoms with van der Waals surface area (Å²) in [5.74, 6) is -0.346. The average Bonchev–Trinajstić information content (AvgIpc) is 3.17. The molecular weight excluding hydrogens is 417 g/mol. The summed E-state index contributed by atoms with van der Waals surface area (Å²) >= 11 is 6.02. The summed E-state index contributed by atoms with van der Waals surface area (Å²) in [7, 11) is 0. The smallest absolute Gasteiger partial charge is 0.416 e. The first kappa shape index (κ1) is 21.2. The van der Waals surface area contributed by atoms with Crippen molar-refractivity contribution in [1.29, 1.82) is 5.26 Å². The van der Waals surface area contributed by atoms with Gasteiger partial charge in [0.15, 0.2) is 0 Å². The molecule has 0 aliphatic carbocycles. The minimum atomic E-state index is -4.48. The second kappa shape index (κ2) is 8.47. The van der Waals surface area contributed by atoms with Crippen molar-refractivity contribution in [1.82, 2.24) is 0 Å². The molecule has 152 valence electrons. The summed E-state index contributed by atoms with van der Waals surface area (Å²) in [6.45, 7) is 1.81. The van der Waals surface area contributed by atoms with Crippen molar-refractivity contribution < 1.29 is 22.4 Å². The molecule has 0 aliphatic rings. The van der Waals surface area contributed by atoms with Crippen molar-refractivity contribution in [2.45, 2.75) is 13.1 Å². The molecule has 4 nitrogen and oxygen atoms in total. The molecule has 0 saturated carbocycles. The summed E-state index contributed by atoms with van der Waals surface area (Å²) in [6, 6.07) is 14.3. The number of alkyl halides is 3. The lowest BCUT2D eigenvalue weighted by molar-refractivity contribution is -0.137. The summed E-state index contributed by atoms with van der Waals surface area (Å²) in [5.41, 5.74) is 0.435. The maximum atomic E-state index is 12.9. The molecule has 8 heteroatoms. The van der Waals surface area contributed by atoms with E-state index in [1.165, 1.54) is 30.3 Å². The third kappa shape index (κ3) is 4.91. The van der Waals surface area contributed by atoms with E-state index in [9.17, 15) is 23.2 Å². The van der Waals surface area contributed by atoms with Crippen LogP contribution in [-0.4, -0.2) is 5.91 Å². The predicted molar refractivity (Wildman–Crippen MR) is 108 cm³/mol. The highest BCUT2D eigenvalue weighted by molar-refractivity contribution is 6.31. The number of nitrogens with one attached hydrogen (secondary N) is 1. The van der Waals surface area contributed by atoms with Crippen LogP contribution in [-0.2, 0) is 11.0 Å². The molecule has 0 saturated heterocycles. The van der Waals surface area contributed by atoms with Gasteiger partial charge in [-0.3, -0.25) is 4.79 Å². The fourth-order valence-corrected chi connectivity index (χ4v) is 2.77. The maximum Gasteiger partial charge on any atom is 0.416 e. The van der Waals surface area contributed by atoms with Crippen LogP contribution >= 0.6 is 11.6 Å². The van der Waals surface area contributed by atoms with E-state index < -0.39 is 17.6 Å². The Morgan fingerprint density at radius 2 is 1.93 bits per heavy atom. The summed E-state index contributed by atoms with van der Waals surface area (Å²) in [5, 5.41) is 12.3. The Balaban J connectivity index is 1.82. The van der Waals surface area contributed by atoms with Gasteiger partial charge in [0, 0.05) is 22.3 Å². The van der Waals surface area contributed by atoms with Gasteiger partial charge in [0.1, 0.15) is 23.2 Å². The van der Waals surface area contributed by atoms with Gasteiger partial charge in [-0.05, 0) is 48.9 Å². The normalized spacial score (nSPS) is 11.8. The van der Waals surface area contributed by atoms with Crippen LogP contribution in [0.2, 0.25) is 5.02 Å². The fraction of sp³-hybridized carbons (Fsp3) is 0.0909. The van der Waals surface area contributed by atoms with Gasteiger partial charge >= 0.3 is 6.18 Å². The standard InChI is InChI=1S/C22H14ClF3N2O2/c1-13-5-6-17(11-19(13)23)28-21(29)15(12-27)10-18-7-8-20(30-18)14-3-2-4-16(9-14)22(24,25)26/h2-11H,1H3,(H,28,29)/b15-10+.